The molecule has 0 bridgehead atoms. The normalized spacial score (nSPS) is 23.2. The minimum atomic E-state index is -0.397. The molecular weight excluding hydrogens is 259 g/mol. The van der Waals surface area contributed by atoms with Gasteiger partial charge in [-0.2, -0.15) is 0 Å². The quantitative estimate of drug-likeness (QED) is 0.869. The lowest BCUT2D eigenvalue weighted by Crippen LogP contribution is -2.44. The molecule has 1 atom stereocenters. The summed E-state index contributed by atoms with van der Waals surface area (Å²) in [5.74, 6) is -0.434. The van der Waals surface area contributed by atoms with Crippen molar-refractivity contribution in [2.24, 2.45) is 0 Å². The number of carbonyl (C=O) groups excluding carboxylic acids is 2. The zero-order valence-corrected chi connectivity index (χ0v) is 11.1. The van der Waals surface area contributed by atoms with Gasteiger partial charge in [0.2, 0.25) is 11.8 Å². The summed E-state index contributed by atoms with van der Waals surface area (Å²) in [6, 6.07) is 6.08. The lowest BCUT2D eigenvalue weighted by molar-refractivity contribution is -0.125. The molecule has 20 heavy (non-hydrogen) atoms. The molecule has 1 heterocycles. The Labute approximate surface area is 116 Å². The van der Waals surface area contributed by atoms with Crippen molar-refractivity contribution in [3.63, 3.8) is 0 Å². The van der Waals surface area contributed by atoms with Gasteiger partial charge in [-0.25, -0.2) is 4.39 Å². The van der Waals surface area contributed by atoms with E-state index in [9.17, 15) is 14.0 Å². The summed E-state index contributed by atoms with van der Waals surface area (Å²) in [6.07, 6.45) is 2.97. The molecule has 0 unspecified atom stereocenters. The van der Waals surface area contributed by atoms with Crippen molar-refractivity contribution in [3.8, 4) is 0 Å². The zero-order chi connectivity index (χ0) is 14.2. The predicted molar refractivity (Wildman–Crippen MR) is 71.5 cm³/mol. The number of amides is 2. The third-order valence-electron chi connectivity index (χ3n) is 4.22. The molecule has 1 aromatic rings. The fourth-order valence-corrected chi connectivity index (χ4v) is 2.71. The summed E-state index contributed by atoms with van der Waals surface area (Å²) < 4.78 is 12.9. The molecule has 5 heteroatoms. The number of rotatable bonds is 4. The van der Waals surface area contributed by atoms with Crippen molar-refractivity contribution in [1.29, 1.82) is 0 Å². The molecular formula is C15H17FN2O2. The maximum Gasteiger partial charge on any atom is 0.242 e. The van der Waals surface area contributed by atoms with Crippen LogP contribution in [0.4, 0.5) is 4.39 Å². The highest BCUT2D eigenvalue weighted by atomic mass is 19.1. The Hall–Kier alpha value is -1.91. The van der Waals surface area contributed by atoms with E-state index in [0.29, 0.717) is 19.4 Å². The maximum atomic E-state index is 12.9. The minimum absolute atomic E-state index is 0.0496. The first-order chi connectivity index (χ1) is 9.59. The topological polar surface area (TPSA) is 58.2 Å². The second-order valence-electron chi connectivity index (χ2n) is 5.66. The second-order valence-corrected chi connectivity index (χ2v) is 5.66. The van der Waals surface area contributed by atoms with Gasteiger partial charge in [0.05, 0.1) is 0 Å². The second kappa shape index (κ2) is 4.89. The summed E-state index contributed by atoms with van der Waals surface area (Å²) in [4.78, 5) is 23.1. The van der Waals surface area contributed by atoms with Gasteiger partial charge in [0.25, 0.3) is 0 Å². The summed E-state index contributed by atoms with van der Waals surface area (Å²) >= 11 is 0. The highest BCUT2D eigenvalue weighted by Gasteiger charge is 2.44. The molecule has 1 aliphatic carbocycles. The van der Waals surface area contributed by atoms with E-state index in [4.69, 9.17) is 0 Å². The Morgan fingerprint density at radius 1 is 1.35 bits per heavy atom. The van der Waals surface area contributed by atoms with Crippen molar-refractivity contribution in [1.82, 2.24) is 10.6 Å². The average molecular weight is 276 g/mol. The SMILES string of the molecule is O=C1CC[C@H](C(=O)NCC2(c3ccc(F)cc3)CC2)N1. The Bertz CT molecular complexity index is 537. The Morgan fingerprint density at radius 2 is 2.05 bits per heavy atom. The lowest BCUT2D eigenvalue weighted by atomic mass is 9.96. The zero-order valence-electron chi connectivity index (χ0n) is 11.1. The number of carbonyl (C=O) groups is 2. The van der Waals surface area contributed by atoms with Gasteiger partial charge >= 0.3 is 0 Å². The lowest BCUT2D eigenvalue weighted by Gasteiger charge is -2.18. The first-order valence-electron chi connectivity index (χ1n) is 6.92. The number of hydrogen-bond acceptors (Lipinski definition) is 2. The fraction of sp³-hybridized carbons (Fsp3) is 0.467. The van der Waals surface area contributed by atoms with Crippen LogP contribution in [0.25, 0.3) is 0 Å². The molecule has 1 aromatic carbocycles. The Morgan fingerprint density at radius 3 is 2.60 bits per heavy atom. The van der Waals surface area contributed by atoms with E-state index in [1.54, 1.807) is 12.1 Å². The Kier molecular flexibility index (Phi) is 3.20. The molecule has 0 spiro atoms. The monoisotopic (exact) mass is 276 g/mol. The molecule has 3 rings (SSSR count). The summed E-state index contributed by atoms with van der Waals surface area (Å²) in [5.41, 5.74) is 1.01. The molecule has 1 saturated carbocycles. The van der Waals surface area contributed by atoms with E-state index < -0.39 is 6.04 Å². The molecule has 106 valence electrons. The fourth-order valence-electron chi connectivity index (χ4n) is 2.71. The molecule has 1 saturated heterocycles. The van der Waals surface area contributed by atoms with Gasteiger partial charge in [0, 0.05) is 18.4 Å². The van der Waals surface area contributed by atoms with Gasteiger partial charge in [0.15, 0.2) is 0 Å². The third-order valence-corrected chi connectivity index (χ3v) is 4.22. The predicted octanol–water partition coefficient (Wildman–Crippen LogP) is 1.25. The van der Waals surface area contributed by atoms with E-state index in [2.05, 4.69) is 10.6 Å². The van der Waals surface area contributed by atoms with Gasteiger partial charge in [-0.1, -0.05) is 12.1 Å². The molecule has 2 amide bonds. The van der Waals surface area contributed by atoms with Crippen LogP contribution >= 0.6 is 0 Å². The summed E-state index contributed by atoms with van der Waals surface area (Å²) in [5, 5.41) is 5.57. The van der Waals surface area contributed by atoms with E-state index >= 15 is 0 Å². The van der Waals surface area contributed by atoms with Crippen LogP contribution in [0.3, 0.4) is 0 Å². The van der Waals surface area contributed by atoms with Crippen molar-refractivity contribution in [3.05, 3.63) is 35.6 Å². The third kappa shape index (κ3) is 2.53. The molecule has 4 nitrogen and oxygen atoms in total. The number of hydrogen-bond donors (Lipinski definition) is 2. The minimum Gasteiger partial charge on any atom is -0.353 e. The molecule has 2 fully saturated rings. The van der Waals surface area contributed by atoms with Crippen LogP contribution in [0.2, 0.25) is 0 Å². The first kappa shape index (κ1) is 13.1. The van der Waals surface area contributed by atoms with Gasteiger partial charge in [-0.15, -0.1) is 0 Å². The standard InChI is InChI=1S/C15H17FN2O2/c16-11-3-1-10(2-4-11)15(7-8-15)9-17-14(20)12-5-6-13(19)18-12/h1-4,12H,5-9H2,(H,17,20)(H,18,19)/t12-/m1/s1. The van der Waals surface area contributed by atoms with Gasteiger partial charge in [0.1, 0.15) is 11.9 Å². The average Bonchev–Trinajstić information content (AvgIpc) is 3.11. The van der Waals surface area contributed by atoms with E-state index in [-0.39, 0.29) is 23.0 Å². The largest absolute Gasteiger partial charge is 0.353 e. The van der Waals surface area contributed by atoms with Gasteiger partial charge < -0.3 is 10.6 Å². The van der Waals surface area contributed by atoms with Crippen LogP contribution in [-0.4, -0.2) is 24.4 Å². The maximum absolute atomic E-state index is 12.9. The first-order valence-corrected chi connectivity index (χ1v) is 6.92. The van der Waals surface area contributed by atoms with Crippen molar-refractivity contribution >= 4 is 11.8 Å². The number of halogens is 1. The van der Waals surface area contributed by atoms with Gasteiger partial charge in [-0.3, -0.25) is 9.59 Å². The number of benzene rings is 1. The highest BCUT2D eigenvalue weighted by molar-refractivity contribution is 5.90. The van der Waals surface area contributed by atoms with Gasteiger partial charge in [-0.05, 0) is 37.0 Å². The van der Waals surface area contributed by atoms with Crippen molar-refractivity contribution in [2.45, 2.75) is 37.1 Å². The van der Waals surface area contributed by atoms with Crippen LogP contribution < -0.4 is 10.6 Å². The van der Waals surface area contributed by atoms with E-state index in [0.717, 1.165) is 18.4 Å². The van der Waals surface area contributed by atoms with Crippen molar-refractivity contribution < 1.29 is 14.0 Å². The van der Waals surface area contributed by atoms with Crippen LogP contribution in [0, 0.1) is 5.82 Å². The molecule has 2 N–H and O–H groups in total. The van der Waals surface area contributed by atoms with Crippen LogP contribution in [0.1, 0.15) is 31.2 Å². The van der Waals surface area contributed by atoms with Crippen LogP contribution in [0.15, 0.2) is 24.3 Å². The molecule has 2 aliphatic rings. The molecule has 0 radical (unpaired) electrons. The number of nitrogens with one attached hydrogen (secondary N) is 2. The highest BCUT2D eigenvalue weighted by Crippen LogP contribution is 2.47. The Balaban J connectivity index is 1.59. The van der Waals surface area contributed by atoms with E-state index in [1.165, 1.54) is 12.1 Å². The summed E-state index contributed by atoms with van der Waals surface area (Å²) in [6.45, 7) is 0.545. The molecule has 1 aliphatic heterocycles. The van der Waals surface area contributed by atoms with Crippen LogP contribution in [-0.2, 0) is 15.0 Å². The molecule has 0 aromatic heterocycles. The smallest absolute Gasteiger partial charge is 0.242 e. The van der Waals surface area contributed by atoms with Crippen molar-refractivity contribution in [2.75, 3.05) is 6.54 Å². The summed E-state index contributed by atoms with van der Waals surface area (Å²) in [7, 11) is 0. The van der Waals surface area contributed by atoms with Crippen LogP contribution in [0.5, 0.6) is 0 Å². The van der Waals surface area contributed by atoms with E-state index in [1.807, 2.05) is 0 Å².